The fourth-order valence-corrected chi connectivity index (χ4v) is 2.02. The van der Waals surface area contributed by atoms with Gasteiger partial charge in [-0.05, 0) is 43.0 Å². The fourth-order valence-electron chi connectivity index (χ4n) is 2.02. The second-order valence-electron chi connectivity index (χ2n) is 4.60. The third-order valence-corrected chi connectivity index (χ3v) is 3.24. The Bertz CT molecular complexity index is 534. The van der Waals surface area contributed by atoms with E-state index in [-0.39, 0.29) is 11.9 Å². The number of hydrogen-bond acceptors (Lipinski definition) is 2. The van der Waals surface area contributed by atoms with Crippen LogP contribution in [-0.4, -0.2) is 9.78 Å². The van der Waals surface area contributed by atoms with Gasteiger partial charge in [-0.15, -0.1) is 0 Å². The minimum Gasteiger partial charge on any atom is -0.324 e. The summed E-state index contributed by atoms with van der Waals surface area (Å²) in [5, 5.41) is 4.12. The molecule has 0 bridgehead atoms. The standard InChI is InChI=1S/C14H18FN3/c1-10-9-11(3-5-13(10)15)14(16)6-4-12-7-8-17-18(12)2/h3,5,7-9,14H,4,6,16H2,1-2H3. The minimum absolute atomic E-state index is 0.0702. The lowest BCUT2D eigenvalue weighted by Crippen LogP contribution is -2.12. The Morgan fingerprint density at radius 3 is 2.78 bits per heavy atom. The molecule has 18 heavy (non-hydrogen) atoms. The Balaban J connectivity index is 2.01. The van der Waals surface area contributed by atoms with Crippen molar-refractivity contribution in [3.8, 4) is 0 Å². The molecular formula is C14H18FN3. The van der Waals surface area contributed by atoms with E-state index in [1.54, 1.807) is 19.2 Å². The lowest BCUT2D eigenvalue weighted by Gasteiger charge is -2.13. The highest BCUT2D eigenvalue weighted by molar-refractivity contribution is 5.26. The quantitative estimate of drug-likeness (QED) is 0.902. The van der Waals surface area contributed by atoms with E-state index in [1.807, 2.05) is 23.9 Å². The summed E-state index contributed by atoms with van der Waals surface area (Å²) in [7, 11) is 1.92. The predicted octanol–water partition coefficient (Wildman–Crippen LogP) is 2.50. The van der Waals surface area contributed by atoms with Gasteiger partial charge in [0, 0.05) is 25.0 Å². The maximum Gasteiger partial charge on any atom is 0.126 e. The Hall–Kier alpha value is -1.68. The molecule has 0 aliphatic carbocycles. The Labute approximate surface area is 106 Å². The molecule has 2 rings (SSSR count). The number of hydrogen-bond donors (Lipinski definition) is 1. The van der Waals surface area contributed by atoms with Crippen molar-refractivity contribution in [2.75, 3.05) is 0 Å². The largest absolute Gasteiger partial charge is 0.324 e. The molecule has 0 aliphatic rings. The van der Waals surface area contributed by atoms with Gasteiger partial charge >= 0.3 is 0 Å². The molecule has 2 aromatic rings. The third-order valence-electron chi connectivity index (χ3n) is 3.24. The van der Waals surface area contributed by atoms with Gasteiger partial charge in [0.15, 0.2) is 0 Å². The molecule has 1 aromatic heterocycles. The number of aryl methyl sites for hydroxylation is 3. The maximum absolute atomic E-state index is 13.2. The van der Waals surface area contributed by atoms with Crippen molar-refractivity contribution < 1.29 is 4.39 Å². The monoisotopic (exact) mass is 247 g/mol. The van der Waals surface area contributed by atoms with E-state index in [9.17, 15) is 4.39 Å². The summed E-state index contributed by atoms with van der Waals surface area (Å²) in [6, 6.07) is 6.98. The smallest absolute Gasteiger partial charge is 0.126 e. The fraction of sp³-hybridized carbons (Fsp3) is 0.357. The molecule has 0 radical (unpaired) electrons. The number of rotatable bonds is 4. The molecule has 1 unspecified atom stereocenters. The van der Waals surface area contributed by atoms with Crippen molar-refractivity contribution in [3.63, 3.8) is 0 Å². The van der Waals surface area contributed by atoms with Gasteiger partial charge in [-0.3, -0.25) is 4.68 Å². The SMILES string of the molecule is Cc1cc(C(N)CCc2ccnn2C)ccc1F. The number of aromatic nitrogens is 2. The van der Waals surface area contributed by atoms with Gasteiger partial charge in [-0.2, -0.15) is 5.10 Å². The second-order valence-corrected chi connectivity index (χ2v) is 4.60. The van der Waals surface area contributed by atoms with E-state index in [0.29, 0.717) is 5.56 Å². The van der Waals surface area contributed by atoms with Gasteiger partial charge in [0.25, 0.3) is 0 Å². The van der Waals surface area contributed by atoms with E-state index in [1.165, 1.54) is 6.07 Å². The summed E-state index contributed by atoms with van der Waals surface area (Å²) >= 11 is 0. The van der Waals surface area contributed by atoms with E-state index in [2.05, 4.69) is 5.10 Å². The first kappa shape index (κ1) is 12.8. The Morgan fingerprint density at radius 2 is 2.17 bits per heavy atom. The molecule has 4 heteroatoms. The van der Waals surface area contributed by atoms with E-state index in [4.69, 9.17) is 5.73 Å². The van der Waals surface area contributed by atoms with Crippen LogP contribution in [0, 0.1) is 12.7 Å². The van der Waals surface area contributed by atoms with E-state index >= 15 is 0 Å². The molecule has 0 saturated heterocycles. The topological polar surface area (TPSA) is 43.8 Å². The second kappa shape index (κ2) is 5.31. The van der Waals surface area contributed by atoms with Gasteiger partial charge in [0.1, 0.15) is 5.82 Å². The van der Waals surface area contributed by atoms with Crippen LogP contribution in [0.25, 0.3) is 0 Å². The molecule has 1 heterocycles. The summed E-state index contributed by atoms with van der Waals surface area (Å²) in [5.41, 5.74) is 8.91. The summed E-state index contributed by atoms with van der Waals surface area (Å²) in [4.78, 5) is 0. The Morgan fingerprint density at radius 1 is 1.39 bits per heavy atom. The van der Waals surface area contributed by atoms with Crippen LogP contribution in [0.15, 0.2) is 30.5 Å². The molecule has 0 aliphatic heterocycles. The average molecular weight is 247 g/mol. The zero-order valence-electron chi connectivity index (χ0n) is 10.7. The zero-order valence-corrected chi connectivity index (χ0v) is 10.7. The molecular weight excluding hydrogens is 229 g/mol. The first-order chi connectivity index (χ1) is 8.58. The number of nitrogens with zero attached hydrogens (tertiary/aromatic N) is 2. The van der Waals surface area contributed by atoms with Crippen LogP contribution in [0.4, 0.5) is 4.39 Å². The third kappa shape index (κ3) is 2.76. The van der Waals surface area contributed by atoms with Crippen LogP contribution in [0.3, 0.4) is 0 Å². The van der Waals surface area contributed by atoms with Crippen LogP contribution in [0.5, 0.6) is 0 Å². The molecule has 1 atom stereocenters. The Kier molecular flexibility index (Phi) is 3.77. The minimum atomic E-state index is -0.183. The lowest BCUT2D eigenvalue weighted by atomic mass is 10.00. The average Bonchev–Trinajstić information content (AvgIpc) is 2.75. The molecule has 0 fully saturated rings. The summed E-state index contributed by atoms with van der Waals surface area (Å²) in [6.07, 6.45) is 3.47. The summed E-state index contributed by atoms with van der Waals surface area (Å²) in [5.74, 6) is -0.183. The van der Waals surface area contributed by atoms with Gasteiger partial charge in [0.2, 0.25) is 0 Å². The van der Waals surface area contributed by atoms with Crippen molar-refractivity contribution in [1.29, 1.82) is 0 Å². The number of benzene rings is 1. The molecule has 3 nitrogen and oxygen atoms in total. The van der Waals surface area contributed by atoms with Gasteiger partial charge in [0.05, 0.1) is 0 Å². The summed E-state index contributed by atoms with van der Waals surface area (Å²) in [6.45, 7) is 1.76. The first-order valence-corrected chi connectivity index (χ1v) is 6.06. The summed E-state index contributed by atoms with van der Waals surface area (Å²) < 4.78 is 15.0. The molecule has 96 valence electrons. The van der Waals surface area contributed by atoms with E-state index in [0.717, 1.165) is 24.1 Å². The van der Waals surface area contributed by atoms with Crippen molar-refractivity contribution in [2.45, 2.75) is 25.8 Å². The van der Waals surface area contributed by atoms with Gasteiger partial charge in [-0.25, -0.2) is 4.39 Å². The van der Waals surface area contributed by atoms with Gasteiger partial charge < -0.3 is 5.73 Å². The van der Waals surface area contributed by atoms with Crippen LogP contribution in [-0.2, 0) is 13.5 Å². The van der Waals surface area contributed by atoms with Crippen LogP contribution < -0.4 is 5.73 Å². The van der Waals surface area contributed by atoms with Crippen LogP contribution >= 0.6 is 0 Å². The molecule has 0 saturated carbocycles. The molecule has 0 spiro atoms. The molecule has 0 amide bonds. The normalized spacial score (nSPS) is 12.7. The van der Waals surface area contributed by atoms with Crippen LogP contribution in [0.2, 0.25) is 0 Å². The van der Waals surface area contributed by atoms with Crippen molar-refractivity contribution in [3.05, 3.63) is 53.1 Å². The molecule has 1 aromatic carbocycles. The van der Waals surface area contributed by atoms with E-state index < -0.39 is 0 Å². The zero-order chi connectivity index (χ0) is 13.1. The van der Waals surface area contributed by atoms with Crippen molar-refractivity contribution >= 4 is 0 Å². The molecule has 2 N–H and O–H groups in total. The maximum atomic E-state index is 13.2. The number of halogens is 1. The predicted molar refractivity (Wildman–Crippen MR) is 69.6 cm³/mol. The highest BCUT2D eigenvalue weighted by Gasteiger charge is 2.09. The van der Waals surface area contributed by atoms with Crippen molar-refractivity contribution in [2.24, 2.45) is 12.8 Å². The highest BCUT2D eigenvalue weighted by atomic mass is 19.1. The van der Waals surface area contributed by atoms with Crippen LogP contribution in [0.1, 0.15) is 29.3 Å². The highest BCUT2D eigenvalue weighted by Crippen LogP contribution is 2.19. The van der Waals surface area contributed by atoms with Gasteiger partial charge in [-0.1, -0.05) is 12.1 Å². The lowest BCUT2D eigenvalue weighted by molar-refractivity contribution is 0.601. The van der Waals surface area contributed by atoms with Crippen molar-refractivity contribution in [1.82, 2.24) is 9.78 Å². The number of nitrogens with two attached hydrogens (primary N) is 1. The first-order valence-electron chi connectivity index (χ1n) is 6.06.